The van der Waals surface area contributed by atoms with E-state index in [-0.39, 0.29) is 11.9 Å². The Morgan fingerprint density at radius 2 is 2.00 bits per heavy atom. The van der Waals surface area contributed by atoms with Crippen LogP contribution in [0.25, 0.3) is 11.4 Å². The second kappa shape index (κ2) is 8.71. The van der Waals surface area contributed by atoms with Gasteiger partial charge >= 0.3 is 0 Å². The van der Waals surface area contributed by atoms with E-state index in [1.54, 1.807) is 16.1 Å². The fraction of sp³-hybridized carbons (Fsp3) is 0.368. The van der Waals surface area contributed by atoms with Gasteiger partial charge < -0.3 is 5.32 Å². The molecule has 0 spiro atoms. The van der Waals surface area contributed by atoms with Crippen LogP contribution >= 0.6 is 11.3 Å². The lowest BCUT2D eigenvalue weighted by Crippen LogP contribution is -2.31. The van der Waals surface area contributed by atoms with Crippen LogP contribution in [0, 0.1) is 5.92 Å². The number of benzene rings is 1. The van der Waals surface area contributed by atoms with Crippen molar-refractivity contribution in [1.82, 2.24) is 25.5 Å². The molecule has 0 saturated carbocycles. The van der Waals surface area contributed by atoms with Crippen molar-refractivity contribution in [1.29, 1.82) is 0 Å². The maximum atomic E-state index is 12.3. The molecule has 0 aliphatic carbocycles. The molecular formula is C19H23N5OS. The summed E-state index contributed by atoms with van der Waals surface area (Å²) in [4.78, 5) is 15.0. The van der Waals surface area contributed by atoms with Gasteiger partial charge in [-0.2, -0.15) is 4.80 Å². The molecule has 2 aromatic heterocycles. The Bertz CT molecular complexity index is 814. The van der Waals surface area contributed by atoms with Gasteiger partial charge in [-0.1, -0.05) is 50.2 Å². The zero-order valence-corrected chi connectivity index (χ0v) is 15.8. The number of tetrazole rings is 1. The largest absolute Gasteiger partial charge is 0.348 e. The van der Waals surface area contributed by atoms with Gasteiger partial charge in [-0.3, -0.25) is 4.79 Å². The summed E-state index contributed by atoms with van der Waals surface area (Å²) in [5.74, 6) is 1.01. The number of carbonyl (C=O) groups is 1. The van der Waals surface area contributed by atoms with E-state index in [1.165, 1.54) is 4.88 Å². The van der Waals surface area contributed by atoms with Crippen LogP contribution in [-0.2, 0) is 11.3 Å². The molecule has 136 valence electrons. The van der Waals surface area contributed by atoms with Gasteiger partial charge in [-0.15, -0.1) is 21.5 Å². The minimum Gasteiger partial charge on any atom is -0.348 e. The minimum absolute atomic E-state index is 0.0560. The van der Waals surface area contributed by atoms with Crippen LogP contribution in [0.15, 0.2) is 47.8 Å². The predicted molar refractivity (Wildman–Crippen MR) is 103 cm³/mol. The molecule has 3 rings (SSSR count). The van der Waals surface area contributed by atoms with E-state index in [9.17, 15) is 4.79 Å². The Morgan fingerprint density at radius 3 is 2.69 bits per heavy atom. The van der Waals surface area contributed by atoms with E-state index in [0.29, 0.717) is 31.1 Å². The molecule has 0 aliphatic rings. The second-order valence-electron chi connectivity index (χ2n) is 6.48. The van der Waals surface area contributed by atoms with Crippen LogP contribution in [0.2, 0.25) is 0 Å². The van der Waals surface area contributed by atoms with E-state index < -0.39 is 0 Å². The van der Waals surface area contributed by atoms with Crippen molar-refractivity contribution < 1.29 is 4.79 Å². The van der Waals surface area contributed by atoms with Crippen LogP contribution in [0.4, 0.5) is 0 Å². The number of hydrogen-bond donors (Lipinski definition) is 1. The summed E-state index contributed by atoms with van der Waals surface area (Å²) >= 11 is 1.68. The number of carbonyl (C=O) groups excluding carboxylic acids is 1. The van der Waals surface area contributed by atoms with Gasteiger partial charge in [0.15, 0.2) is 0 Å². The Kier molecular flexibility index (Phi) is 6.12. The molecule has 0 aliphatic heterocycles. The second-order valence-corrected chi connectivity index (χ2v) is 7.46. The molecule has 1 aromatic carbocycles. The van der Waals surface area contributed by atoms with E-state index in [4.69, 9.17) is 0 Å². The fourth-order valence-electron chi connectivity index (χ4n) is 2.70. The Morgan fingerprint density at radius 1 is 1.19 bits per heavy atom. The number of hydrogen-bond acceptors (Lipinski definition) is 5. The maximum absolute atomic E-state index is 12.3. The summed E-state index contributed by atoms with van der Waals surface area (Å²) in [5, 5.41) is 17.7. The summed E-state index contributed by atoms with van der Waals surface area (Å²) < 4.78 is 0. The average molecular weight is 369 g/mol. The SMILES string of the molecule is CC(C)C(NC(=O)CCCn1nnc(-c2ccccc2)n1)c1cccs1. The summed E-state index contributed by atoms with van der Waals surface area (Å²) in [5.41, 5.74) is 0.937. The van der Waals surface area contributed by atoms with Crippen LogP contribution in [-0.4, -0.2) is 26.1 Å². The van der Waals surface area contributed by atoms with Gasteiger partial charge in [-0.05, 0) is 29.0 Å². The molecule has 1 unspecified atom stereocenters. The molecule has 7 heteroatoms. The smallest absolute Gasteiger partial charge is 0.220 e. The molecule has 0 bridgehead atoms. The third-order valence-corrected chi connectivity index (χ3v) is 5.04. The maximum Gasteiger partial charge on any atom is 0.220 e. The standard InChI is InChI=1S/C19H23N5OS/c1-14(2)18(16-10-7-13-26-16)20-17(25)11-6-12-24-22-19(21-23-24)15-8-4-3-5-9-15/h3-5,7-10,13-14,18H,6,11-12H2,1-2H3,(H,20,25). The molecule has 1 amide bonds. The zero-order chi connectivity index (χ0) is 18.4. The Hall–Kier alpha value is -2.54. The van der Waals surface area contributed by atoms with E-state index in [2.05, 4.69) is 40.6 Å². The predicted octanol–water partition coefficient (Wildman–Crippen LogP) is 3.70. The van der Waals surface area contributed by atoms with Crippen LogP contribution < -0.4 is 5.32 Å². The van der Waals surface area contributed by atoms with Crippen LogP contribution in [0.3, 0.4) is 0 Å². The van der Waals surface area contributed by atoms with Crippen molar-refractivity contribution >= 4 is 17.2 Å². The van der Waals surface area contributed by atoms with Crippen molar-refractivity contribution in [2.75, 3.05) is 0 Å². The van der Waals surface area contributed by atoms with Crippen molar-refractivity contribution in [3.8, 4) is 11.4 Å². The highest BCUT2D eigenvalue weighted by molar-refractivity contribution is 7.10. The first-order chi connectivity index (χ1) is 12.6. The zero-order valence-electron chi connectivity index (χ0n) is 15.0. The van der Waals surface area contributed by atoms with Crippen molar-refractivity contribution in [2.45, 2.75) is 39.3 Å². The van der Waals surface area contributed by atoms with Crippen LogP contribution in [0.1, 0.15) is 37.6 Å². The number of aryl methyl sites for hydroxylation is 1. The lowest BCUT2D eigenvalue weighted by Gasteiger charge is -2.21. The summed E-state index contributed by atoms with van der Waals surface area (Å²) in [7, 11) is 0. The topological polar surface area (TPSA) is 72.7 Å². The monoisotopic (exact) mass is 369 g/mol. The summed E-state index contributed by atoms with van der Waals surface area (Å²) in [6, 6.07) is 13.9. The van der Waals surface area contributed by atoms with Gasteiger partial charge in [0.25, 0.3) is 0 Å². The lowest BCUT2D eigenvalue weighted by molar-refractivity contribution is -0.122. The van der Waals surface area contributed by atoms with Crippen molar-refractivity contribution in [2.24, 2.45) is 5.92 Å². The van der Waals surface area contributed by atoms with Crippen LogP contribution in [0.5, 0.6) is 0 Å². The first-order valence-electron chi connectivity index (χ1n) is 8.79. The highest BCUT2D eigenvalue weighted by atomic mass is 32.1. The molecule has 6 nitrogen and oxygen atoms in total. The van der Waals surface area contributed by atoms with Gasteiger partial charge in [0, 0.05) is 16.9 Å². The number of rotatable bonds is 8. The van der Waals surface area contributed by atoms with Gasteiger partial charge in [0.2, 0.25) is 11.7 Å². The number of aromatic nitrogens is 4. The number of amides is 1. The first-order valence-corrected chi connectivity index (χ1v) is 9.67. The molecule has 0 radical (unpaired) electrons. The quantitative estimate of drug-likeness (QED) is 0.657. The third kappa shape index (κ3) is 4.76. The number of nitrogens with one attached hydrogen (secondary N) is 1. The lowest BCUT2D eigenvalue weighted by atomic mass is 10.0. The molecule has 26 heavy (non-hydrogen) atoms. The highest BCUT2D eigenvalue weighted by Crippen LogP contribution is 2.25. The van der Waals surface area contributed by atoms with E-state index in [0.717, 1.165) is 5.56 Å². The van der Waals surface area contributed by atoms with Crippen molar-refractivity contribution in [3.05, 3.63) is 52.7 Å². The summed E-state index contributed by atoms with van der Waals surface area (Å²) in [6.07, 6.45) is 1.11. The Labute approximate surface area is 157 Å². The third-order valence-electron chi connectivity index (χ3n) is 4.08. The van der Waals surface area contributed by atoms with E-state index >= 15 is 0 Å². The number of thiophene rings is 1. The minimum atomic E-state index is 0.0560. The molecular weight excluding hydrogens is 346 g/mol. The molecule has 1 atom stereocenters. The molecule has 3 aromatic rings. The van der Waals surface area contributed by atoms with E-state index in [1.807, 2.05) is 41.8 Å². The molecule has 1 N–H and O–H groups in total. The number of nitrogens with zero attached hydrogens (tertiary/aromatic N) is 4. The molecule has 0 fully saturated rings. The first kappa shape index (κ1) is 18.3. The van der Waals surface area contributed by atoms with Gasteiger partial charge in [-0.25, -0.2) is 0 Å². The van der Waals surface area contributed by atoms with Crippen molar-refractivity contribution in [3.63, 3.8) is 0 Å². The normalized spacial score (nSPS) is 12.3. The molecule has 2 heterocycles. The molecule has 0 saturated heterocycles. The Balaban J connectivity index is 1.49. The summed E-state index contributed by atoms with van der Waals surface area (Å²) in [6.45, 7) is 4.81. The average Bonchev–Trinajstić information content (AvgIpc) is 3.32. The highest BCUT2D eigenvalue weighted by Gasteiger charge is 2.19. The van der Waals surface area contributed by atoms with Gasteiger partial charge in [0.05, 0.1) is 12.6 Å². The fourth-order valence-corrected chi connectivity index (χ4v) is 3.65. The van der Waals surface area contributed by atoms with Gasteiger partial charge in [0.1, 0.15) is 0 Å².